The van der Waals surface area contributed by atoms with E-state index in [0.29, 0.717) is 6.42 Å². The van der Waals surface area contributed by atoms with E-state index in [9.17, 15) is 18.0 Å². The molecule has 1 heterocycles. The second-order valence-corrected chi connectivity index (χ2v) is 4.87. The summed E-state index contributed by atoms with van der Waals surface area (Å²) < 4.78 is 36.5. The van der Waals surface area contributed by atoms with Crippen molar-refractivity contribution in [1.82, 2.24) is 4.90 Å². The summed E-state index contributed by atoms with van der Waals surface area (Å²) in [5.41, 5.74) is 0. The molecule has 1 unspecified atom stereocenters. The lowest BCUT2D eigenvalue weighted by Gasteiger charge is -2.33. The number of thioether (sulfide) groups is 1. The first kappa shape index (κ1) is 11.7. The van der Waals surface area contributed by atoms with Gasteiger partial charge in [-0.1, -0.05) is 6.92 Å². The summed E-state index contributed by atoms with van der Waals surface area (Å²) in [5, 5.41) is 0. The van der Waals surface area contributed by atoms with E-state index in [2.05, 4.69) is 0 Å². The number of carbonyl (C=O) groups is 1. The van der Waals surface area contributed by atoms with E-state index < -0.39 is 23.5 Å². The molecule has 0 spiro atoms. The van der Waals surface area contributed by atoms with Gasteiger partial charge in [-0.05, 0) is 13.3 Å². The highest BCUT2D eigenvalue weighted by Crippen LogP contribution is 2.40. The van der Waals surface area contributed by atoms with Crippen molar-refractivity contribution in [1.29, 1.82) is 0 Å². The number of amides is 1. The van der Waals surface area contributed by atoms with Gasteiger partial charge in [-0.25, -0.2) is 0 Å². The van der Waals surface area contributed by atoms with Gasteiger partial charge in [0.1, 0.15) is 6.54 Å². The van der Waals surface area contributed by atoms with Crippen LogP contribution in [0.25, 0.3) is 0 Å². The topological polar surface area (TPSA) is 20.3 Å². The molecule has 0 aromatic heterocycles. The Morgan fingerprint density at radius 2 is 2.14 bits per heavy atom. The average molecular weight is 227 g/mol. The number of hydrogen-bond donors (Lipinski definition) is 0. The smallest absolute Gasteiger partial charge is 0.318 e. The molecule has 0 radical (unpaired) electrons. The van der Waals surface area contributed by atoms with E-state index in [1.807, 2.05) is 0 Å². The van der Waals surface area contributed by atoms with Gasteiger partial charge in [0.25, 0.3) is 0 Å². The van der Waals surface area contributed by atoms with Crippen molar-refractivity contribution in [3.63, 3.8) is 0 Å². The summed E-state index contributed by atoms with van der Waals surface area (Å²) in [4.78, 5) is 11.5. The first-order valence-electron chi connectivity index (χ1n) is 4.30. The third-order valence-electron chi connectivity index (χ3n) is 2.37. The average Bonchev–Trinajstić information content (AvgIpc) is 2.32. The fourth-order valence-corrected chi connectivity index (χ4v) is 2.48. The lowest BCUT2D eigenvalue weighted by molar-refractivity contribution is -0.164. The van der Waals surface area contributed by atoms with E-state index in [1.165, 1.54) is 11.8 Å². The van der Waals surface area contributed by atoms with E-state index in [1.54, 1.807) is 13.8 Å². The second kappa shape index (κ2) is 3.64. The predicted octanol–water partition coefficient (Wildman–Crippen LogP) is 2.25. The summed E-state index contributed by atoms with van der Waals surface area (Å²) in [6.45, 7) is 2.33. The van der Waals surface area contributed by atoms with E-state index in [-0.39, 0.29) is 5.75 Å². The summed E-state index contributed by atoms with van der Waals surface area (Å²) in [7, 11) is 0. The number of nitrogens with zero attached hydrogens (tertiary/aromatic N) is 1. The summed E-state index contributed by atoms with van der Waals surface area (Å²) in [6.07, 6.45) is -3.78. The van der Waals surface area contributed by atoms with Gasteiger partial charge < -0.3 is 4.90 Å². The van der Waals surface area contributed by atoms with Crippen molar-refractivity contribution in [2.24, 2.45) is 0 Å². The van der Waals surface area contributed by atoms with Crippen LogP contribution in [0, 0.1) is 0 Å². The van der Waals surface area contributed by atoms with Gasteiger partial charge in [0.2, 0.25) is 5.91 Å². The molecule has 1 aliphatic heterocycles. The van der Waals surface area contributed by atoms with Crippen LogP contribution in [0.2, 0.25) is 0 Å². The lowest BCUT2D eigenvalue weighted by Crippen LogP contribution is -2.46. The van der Waals surface area contributed by atoms with Gasteiger partial charge in [0.05, 0.1) is 10.6 Å². The molecule has 6 heteroatoms. The SMILES string of the molecule is CCC1(C)SCC(=O)N1CC(F)(F)F. The number of carbonyl (C=O) groups excluding carboxylic acids is 1. The fourth-order valence-electron chi connectivity index (χ4n) is 1.36. The Morgan fingerprint density at radius 3 is 2.57 bits per heavy atom. The van der Waals surface area contributed by atoms with E-state index >= 15 is 0 Å². The molecule has 0 aliphatic carbocycles. The second-order valence-electron chi connectivity index (χ2n) is 3.41. The predicted molar refractivity (Wildman–Crippen MR) is 48.9 cm³/mol. The largest absolute Gasteiger partial charge is 0.406 e. The number of hydrogen-bond acceptors (Lipinski definition) is 2. The maximum atomic E-state index is 12.2. The zero-order valence-corrected chi connectivity index (χ0v) is 8.84. The summed E-state index contributed by atoms with van der Waals surface area (Å²) >= 11 is 1.28. The van der Waals surface area contributed by atoms with E-state index in [4.69, 9.17) is 0 Å². The Hall–Kier alpha value is -0.390. The molecule has 0 saturated carbocycles. The molecular formula is C8H12F3NOS. The first-order valence-corrected chi connectivity index (χ1v) is 5.28. The highest BCUT2D eigenvalue weighted by molar-refractivity contribution is 8.01. The third-order valence-corrected chi connectivity index (χ3v) is 3.89. The van der Waals surface area contributed by atoms with Crippen LogP contribution in [0.3, 0.4) is 0 Å². The zero-order chi connectivity index (χ0) is 11.0. The summed E-state index contributed by atoms with van der Waals surface area (Å²) in [6, 6.07) is 0. The minimum atomic E-state index is -4.31. The van der Waals surface area contributed by atoms with Crippen molar-refractivity contribution in [2.45, 2.75) is 31.3 Å². The van der Waals surface area contributed by atoms with Crippen molar-refractivity contribution in [2.75, 3.05) is 12.3 Å². The maximum absolute atomic E-state index is 12.2. The molecule has 1 amide bonds. The van der Waals surface area contributed by atoms with Crippen LogP contribution in [-0.4, -0.2) is 34.2 Å². The first-order chi connectivity index (χ1) is 6.28. The van der Waals surface area contributed by atoms with Crippen molar-refractivity contribution in [3.8, 4) is 0 Å². The summed E-state index contributed by atoms with van der Waals surface area (Å²) in [5.74, 6) is -0.267. The van der Waals surface area contributed by atoms with Crippen LogP contribution in [0.5, 0.6) is 0 Å². The monoisotopic (exact) mass is 227 g/mol. The Balaban J connectivity index is 2.78. The molecule has 1 fully saturated rings. The highest BCUT2D eigenvalue weighted by Gasteiger charge is 2.46. The Labute approximate surface area is 84.8 Å². The minimum Gasteiger partial charge on any atom is -0.318 e. The van der Waals surface area contributed by atoms with Crippen LogP contribution < -0.4 is 0 Å². The number of halogens is 3. The Kier molecular flexibility index (Phi) is 3.04. The van der Waals surface area contributed by atoms with Gasteiger partial charge in [0, 0.05) is 0 Å². The molecule has 14 heavy (non-hydrogen) atoms. The van der Waals surface area contributed by atoms with Crippen LogP contribution in [0.4, 0.5) is 13.2 Å². The molecule has 0 aromatic rings. The Bertz CT molecular complexity index is 243. The highest BCUT2D eigenvalue weighted by atomic mass is 32.2. The van der Waals surface area contributed by atoms with Crippen molar-refractivity contribution >= 4 is 17.7 Å². The zero-order valence-electron chi connectivity index (χ0n) is 8.02. The van der Waals surface area contributed by atoms with Gasteiger partial charge in [0.15, 0.2) is 0 Å². The molecule has 2 nitrogen and oxygen atoms in total. The van der Waals surface area contributed by atoms with Crippen LogP contribution >= 0.6 is 11.8 Å². The van der Waals surface area contributed by atoms with Gasteiger partial charge >= 0.3 is 6.18 Å². The standard InChI is InChI=1S/C8H12F3NOS/c1-3-7(2)12(5-8(9,10)11)6(13)4-14-7/h3-5H2,1-2H3. The fraction of sp³-hybridized carbons (Fsp3) is 0.875. The van der Waals surface area contributed by atoms with Gasteiger partial charge in [-0.3, -0.25) is 4.79 Å². The number of rotatable bonds is 2. The molecule has 0 aromatic carbocycles. The number of alkyl halides is 3. The van der Waals surface area contributed by atoms with Gasteiger partial charge in [-0.2, -0.15) is 13.2 Å². The Morgan fingerprint density at radius 1 is 1.57 bits per heavy atom. The molecule has 0 bridgehead atoms. The molecule has 1 atom stereocenters. The molecule has 1 rings (SSSR count). The molecule has 0 N–H and O–H groups in total. The van der Waals surface area contributed by atoms with Gasteiger partial charge in [-0.15, -0.1) is 11.8 Å². The van der Waals surface area contributed by atoms with Crippen LogP contribution in [0.15, 0.2) is 0 Å². The molecule has 1 aliphatic rings. The quantitative estimate of drug-likeness (QED) is 0.721. The molecule has 82 valence electrons. The molecule has 1 saturated heterocycles. The maximum Gasteiger partial charge on any atom is 0.406 e. The van der Waals surface area contributed by atoms with Crippen molar-refractivity contribution < 1.29 is 18.0 Å². The van der Waals surface area contributed by atoms with Crippen LogP contribution in [-0.2, 0) is 4.79 Å². The van der Waals surface area contributed by atoms with Crippen LogP contribution in [0.1, 0.15) is 20.3 Å². The minimum absolute atomic E-state index is 0.153. The lowest BCUT2D eigenvalue weighted by atomic mass is 10.2. The normalized spacial score (nSPS) is 28.6. The molecular weight excluding hydrogens is 215 g/mol. The van der Waals surface area contributed by atoms with Crippen molar-refractivity contribution in [3.05, 3.63) is 0 Å². The third kappa shape index (κ3) is 2.34. The van der Waals surface area contributed by atoms with E-state index in [0.717, 1.165) is 4.90 Å².